The number of hydrogen-bond acceptors (Lipinski definition) is 2. The molecule has 0 saturated carbocycles. The van der Waals surface area contributed by atoms with Crippen LogP contribution in [0.4, 0.5) is 0 Å². The lowest BCUT2D eigenvalue weighted by atomic mass is 10.0. The number of likely N-dealkylation sites (tertiary alicyclic amines) is 1. The molecule has 1 aliphatic heterocycles. The van der Waals surface area contributed by atoms with Crippen molar-refractivity contribution in [3.8, 4) is 0 Å². The van der Waals surface area contributed by atoms with E-state index in [4.69, 9.17) is 5.73 Å². The van der Waals surface area contributed by atoms with Crippen LogP contribution in [0, 0.1) is 12.8 Å². The Morgan fingerprint density at radius 1 is 1.53 bits per heavy atom. The average molecular weight is 374 g/mol. The molecular weight excluding hydrogens is 351 g/mol. The second-order valence-electron chi connectivity index (χ2n) is 5.24. The first-order chi connectivity index (χ1) is 8.65. The lowest BCUT2D eigenvalue weighted by molar-refractivity contribution is 0.270. The maximum Gasteiger partial charge on any atom is 0.191 e. The van der Waals surface area contributed by atoms with Crippen molar-refractivity contribution in [1.82, 2.24) is 9.88 Å². The van der Waals surface area contributed by atoms with Crippen LogP contribution < -0.4 is 5.73 Å². The Balaban J connectivity index is 0.00000180. The Kier molecular flexibility index (Phi) is 6.54. The number of nitrogens with zero attached hydrogens (tertiary/aromatic N) is 3. The first kappa shape index (κ1) is 16.2. The van der Waals surface area contributed by atoms with Crippen molar-refractivity contribution in [2.45, 2.75) is 33.2 Å². The largest absolute Gasteiger partial charge is 0.370 e. The number of hydrogen-bond donors (Lipinski definition) is 1. The van der Waals surface area contributed by atoms with Crippen molar-refractivity contribution < 1.29 is 0 Å². The van der Waals surface area contributed by atoms with Crippen molar-refractivity contribution in [3.05, 3.63) is 29.6 Å². The van der Waals surface area contributed by atoms with E-state index in [1.54, 1.807) is 0 Å². The Bertz CT molecular complexity index is 433. The molecule has 2 heterocycles. The minimum atomic E-state index is 0. The van der Waals surface area contributed by atoms with Crippen molar-refractivity contribution in [2.24, 2.45) is 16.6 Å². The molecule has 2 N–H and O–H groups in total. The van der Waals surface area contributed by atoms with E-state index >= 15 is 0 Å². The van der Waals surface area contributed by atoms with Crippen LogP contribution in [-0.2, 0) is 6.54 Å². The zero-order chi connectivity index (χ0) is 13.0. The van der Waals surface area contributed by atoms with Crippen LogP contribution in [0.2, 0.25) is 0 Å². The Hall–Kier alpha value is -0.850. The van der Waals surface area contributed by atoms with Crippen LogP contribution in [0.5, 0.6) is 0 Å². The van der Waals surface area contributed by atoms with Gasteiger partial charge in [0.25, 0.3) is 0 Å². The highest BCUT2D eigenvalue weighted by Crippen LogP contribution is 2.15. The molecule has 1 saturated heterocycles. The van der Waals surface area contributed by atoms with Crippen LogP contribution in [-0.4, -0.2) is 28.9 Å². The molecule has 0 bridgehead atoms. The third-order valence-electron chi connectivity index (χ3n) is 3.34. The molecule has 106 valence electrons. The van der Waals surface area contributed by atoms with E-state index in [2.05, 4.69) is 27.9 Å². The van der Waals surface area contributed by atoms with E-state index in [-0.39, 0.29) is 24.0 Å². The van der Waals surface area contributed by atoms with Crippen molar-refractivity contribution in [1.29, 1.82) is 0 Å². The van der Waals surface area contributed by atoms with Crippen molar-refractivity contribution in [3.63, 3.8) is 0 Å². The number of piperidine rings is 1. The predicted octanol–water partition coefficient (Wildman–Crippen LogP) is 2.55. The summed E-state index contributed by atoms with van der Waals surface area (Å²) in [5.41, 5.74) is 8.33. The Morgan fingerprint density at radius 3 is 3.00 bits per heavy atom. The van der Waals surface area contributed by atoms with Crippen molar-refractivity contribution in [2.75, 3.05) is 13.1 Å². The van der Waals surface area contributed by atoms with Gasteiger partial charge in [-0.3, -0.25) is 4.98 Å². The smallest absolute Gasteiger partial charge is 0.191 e. The summed E-state index contributed by atoms with van der Waals surface area (Å²) in [6.45, 7) is 6.98. The number of rotatable bonds is 2. The van der Waals surface area contributed by atoms with Gasteiger partial charge in [0.15, 0.2) is 5.96 Å². The van der Waals surface area contributed by atoms with Gasteiger partial charge in [0, 0.05) is 25.5 Å². The standard InChI is InChI=1S/C14H22N4.HI/c1-11-4-3-5-18(10-11)14(15)17-9-13-6-12(2)7-16-8-13;/h6-8,11H,3-5,9-10H2,1-2H3,(H2,15,17);1H. The minimum absolute atomic E-state index is 0. The summed E-state index contributed by atoms with van der Waals surface area (Å²) in [6.07, 6.45) is 6.21. The quantitative estimate of drug-likeness (QED) is 0.492. The van der Waals surface area contributed by atoms with Gasteiger partial charge < -0.3 is 10.6 Å². The fourth-order valence-electron chi connectivity index (χ4n) is 2.37. The zero-order valence-electron chi connectivity index (χ0n) is 11.7. The van der Waals surface area contributed by atoms with Crippen LogP contribution in [0.25, 0.3) is 0 Å². The fourth-order valence-corrected chi connectivity index (χ4v) is 2.37. The molecule has 4 nitrogen and oxygen atoms in total. The molecule has 1 aromatic heterocycles. The van der Waals surface area contributed by atoms with Crippen LogP contribution >= 0.6 is 24.0 Å². The van der Waals surface area contributed by atoms with Gasteiger partial charge >= 0.3 is 0 Å². The normalized spacial score (nSPS) is 20.0. The molecule has 0 spiro atoms. The number of pyridine rings is 1. The van der Waals surface area contributed by atoms with E-state index in [1.807, 2.05) is 19.3 Å². The summed E-state index contributed by atoms with van der Waals surface area (Å²) in [5, 5.41) is 0. The first-order valence-corrected chi connectivity index (χ1v) is 6.60. The minimum Gasteiger partial charge on any atom is -0.370 e. The molecule has 1 unspecified atom stereocenters. The molecule has 19 heavy (non-hydrogen) atoms. The number of guanidine groups is 1. The second kappa shape index (κ2) is 7.67. The second-order valence-corrected chi connectivity index (χ2v) is 5.24. The van der Waals surface area contributed by atoms with Crippen LogP contribution in [0.15, 0.2) is 23.5 Å². The molecule has 2 rings (SSSR count). The maximum absolute atomic E-state index is 6.05. The highest BCUT2D eigenvalue weighted by Gasteiger charge is 2.17. The average Bonchev–Trinajstić information content (AvgIpc) is 2.36. The van der Waals surface area contributed by atoms with Gasteiger partial charge in [-0.1, -0.05) is 13.0 Å². The third kappa shape index (κ3) is 4.97. The SMILES string of the molecule is Cc1cncc(CN=C(N)N2CCCC(C)C2)c1.I. The summed E-state index contributed by atoms with van der Waals surface area (Å²) in [5.74, 6) is 1.39. The molecule has 1 aliphatic rings. The third-order valence-corrected chi connectivity index (χ3v) is 3.34. The number of aryl methyl sites for hydroxylation is 1. The van der Waals surface area contributed by atoms with E-state index in [0.29, 0.717) is 18.4 Å². The van der Waals surface area contributed by atoms with E-state index in [1.165, 1.54) is 12.8 Å². The highest BCUT2D eigenvalue weighted by molar-refractivity contribution is 14.0. The van der Waals surface area contributed by atoms with Gasteiger partial charge in [-0.2, -0.15) is 0 Å². The Morgan fingerprint density at radius 2 is 2.32 bits per heavy atom. The topological polar surface area (TPSA) is 54.5 Å². The molecule has 0 aliphatic carbocycles. The van der Waals surface area contributed by atoms with Gasteiger partial charge in [0.05, 0.1) is 6.54 Å². The highest BCUT2D eigenvalue weighted by atomic mass is 127. The fraction of sp³-hybridized carbons (Fsp3) is 0.571. The molecule has 0 radical (unpaired) electrons. The predicted molar refractivity (Wildman–Crippen MR) is 89.7 cm³/mol. The van der Waals surface area contributed by atoms with Gasteiger partial charge in [0.2, 0.25) is 0 Å². The molecule has 0 amide bonds. The van der Waals surface area contributed by atoms with Crippen LogP contribution in [0.1, 0.15) is 30.9 Å². The van der Waals surface area contributed by atoms with Gasteiger partial charge in [0.1, 0.15) is 0 Å². The first-order valence-electron chi connectivity index (χ1n) is 6.60. The van der Waals surface area contributed by atoms with Gasteiger partial charge in [-0.05, 0) is 36.8 Å². The van der Waals surface area contributed by atoms with Crippen molar-refractivity contribution >= 4 is 29.9 Å². The summed E-state index contributed by atoms with van der Waals surface area (Å²) in [4.78, 5) is 10.8. The number of aliphatic imine (C=N–C) groups is 1. The number of aromatic nitrogens is 1. The molecule has 5 heteroatoms. The maximum atomic E-state index is 6.05. The van der Waals surface area contributed by atoms with E-state index in [0.717, 1.165) is 24.2 Å². The molecular formula is C14H23IN4. The van der Waals surface area contributed by atoms with E-state index in [9.17, 15) is 0 Å². The van der Waals surface area contributed by atoms with Crippen LogP contribution in [0.3, 0.4) is 0 Å². The monoisotopic (exact) mass is 374 g/mol. The molecule has 0 aromatic carbocycles. The summed E-state index contributed by atoms with van der Waals surface area (Å²) in [6, 6.07) is 2.10. The van der Waals surface area contributed by atoms with Gasteiger partial charge in [-0.15, -0.1) is 24.0 Å². The van der Waals surface area contributed by atoms with E-state index < -0.39 is 0 Å². The molecule has 1 atom stereocenters. The lowest BCUT2D eigenvalue weighted by Gasteiger charge is -2.31. The lowest BCUT2D eigenvalue weighted by Crippen LogP contribution is -2.43. The Labute approximate surface area is 132 Å². The summed E-state index contributed by atoms with van der Waals surface area (Å²) < 4.78 is 0. The molecule has 1 aromatic rings. The number of nitrogens with two attached hydrogens (primary N) is 1. The summed E-state index contributed by atoms with van der Waals surface area (Å²) in [7, 11) is 0. The van der Waals surface area contributed by atoms with Gasteiger partial charge in [-0.25, -0.2) is 4.99 Å². The summed E-state index contributed by atoms with van der Waals surface area (Å²) >= 11 is 0. The molecule has 1 fully saturated rings. The zero-order valence-corrected chi connectivity index (χ0v) is 14.0. The number of halogens is 1.